The van der Waals surface area contributed by atoms with Gasteiger partial charge >= 0.3 is 0 Å². The SMILES string of the molecule is CN1C(=O)CCC(n2c(N)nc3cc(Cl)ccc32)C1=O. The van der Waals surface area contributed by atoms with Crippen molar-refractivity contribution in [3.63, 3.8) is 0 Å². The predicted octanol–water partition coefficient (Wildman–Crippen LogP) is 1.59. The Kier molecular flexibility index (Phi) is 2.90. The Hall–Kier alpha value is -2.08. The molecule has 2 N–H and O–H groups in total. The third kappa shape index (κ3) is 1.84. The summed E-state index contributed by atoms with van der Waals surface area (Å²) in [4.78, 5) is 29.2. The van der Waals surface area contributed by atoms with E-state index >= 15 is 0 Å². The molecule has 1 aromatic heterocycles. The van der Waals surface area contributed by atoms with Gasteiger partial charge in [0.05, 0.1) is 11.0 Å². The van der Waals surface area contributed by atoms with Crippen LogP contribution in [0.5, 0.6) is 0 Å². The Morgan fingerprint density at radius 2 is 2.15 bits per heavy atom. The van der Waals surface area contributed by atoms with Crippen LogP contribution in [0.25, 0.3) is 11.0 Å². The molecule has 2 heterocycles. The molecule has 1 atom stereocenters. The first-order chi connectivity index (χ1) is 9.49. The van der Waals surface area contributed by atoms with Gasteiger partial charge in [-0.05, 0) is 24.6 Å². The largest absolute Gasteiger partial charge is 0.369 e. The Bertz CT molecular complexity index is 724. The molecule has 0 bridgehead atoms. The Morgan fingerprint density at radius 1 is 1.40 bits per heavy atom. The van der Waals surface area contributed by atoms with Gasteiger partial charge in [-0.3, -0.25) is 19.1 Å². The molecule has 0 radical (unpaired) electrons. The molecular formula is C13H13ClN4O2. The number of anilines is 1. The quantitative estimate of drug-likeness (QED) is 0.809. The molecule has 2 amide bonds. The molecule has 7 heteroatoms. The zero-order valence-corrected chi connectivity index (χ0v) is 11.6. The maximum atomic E-state index is 12.3. The van der Waals surface area contributed by atoms with Gasteiger partial charge in [-0.2, -0.15) is 0 Å². The number of piperidine rings is 1. The maximum Gasteiger partial charge on any atom is 0.252 e. The van der Waals surface area contributed by atoms with Gasteiger partial charge in [-0.1, -0.05) is 11.6 Å². The molecule has 1 saturated heterocycles. The molecule has 0 saturated carbocycles. The number of amides is 2. The number of imide groups is 1. The van der Waals surface area contributed by atoms with Crippen LogP contribution in [0.15, 0.2) is 18.2 Å². The number of benzene rings is 1. The van der Waals surface area contributed by atoms with E-state index < -0.39 is 6.04 Å². The Labute approximate surface area is 120 Å². The average molecular weight is 293 g/mol. The number of likely N-dealkylation sites (tertiary alicyclic amines) is 1. The van der Waals surface area contributed by atoms with Crippen molar-refractivity contribution in [1.29, 1.82) is 0 Å². The van der Waals surface area contributed by atoms with Gasteiger partial charge in [0.2, 0.25) is 11.9 Å². The lowest BCUT2D eigenvalue weighted by molar-refractivity contribution is -0.149. The Balaban J connectivity index is 2.12. The summed E-state index contributed by atoms with van der Waals surface area (Å²) in [7, 11) is 1.49. The summed E-state index contributed by atoms with van der Waals surface area (Å²) in [6.07, 6.45) is 0.750. The number of nitrogens with two attached hydrogens (primary N) is 1. The van der Waals surface area contributed by atoms with Crippen LogP contribution in [0.4, 0.5) is 5.95 Å². The summed E-state index contributed by atoms with van der Waals surface area (Å²) in [5.41, 5.74) is 7.31. The zero-order chi connectivity index (χ0) is 14.4. The van der Waals surface area contributed by atoms with Gasteiger partial charge in [-0.25, -0.2) is 4.98 Å². The van der Waals surface area contributed by atoms with Crippen LogP contribution in [0.1, 0.15) is 18.9 Å². The van der Waals surface area contributed by atoms with Gasteiger partial charge in [0.25, 0.3) is 5.91 Å². The molecule has 3 rings (SSSR count). The first-order valence-electron chi connectivity index (χ1n) is 6.22. The molecule has 0 aliphatic carbocycles. The number of likely N-dealkylation sites (N-methyl/N-ethyl adjacent to an activating group) is 1. The number of imidazole rings is 1. The van der Waals surface area contributed by atoms with E-state index in [2.05, 4.69) is 4.98 Å². The maximum absolute atomic E-state index is 12.3. The first kappa shape index (κ1) is 12.9. The second-order valence-electron chi connectivity index (χ2n) is 4.82. The van der Waals surface area contributed by atoms with E-state index in [1.807, 2.05) is 0 Å². The monoisotopic (exact) mass is 292 g/mol. The lowest BCUT2D eigenvalue weighted by Crippen LogP contribution is -2.43. The van der Waals surface area contributed by atoms with E-state index in [0.29, 0.717) is 23.4 Å². The third-order valence-corrected chi connectivity index (χ3v) is 3.85. The summed E-state index contributed by atoms with van der Waals surface area (Å²) < 4.78 is 1.68. The molecule has 104 valence electrons. The fraction of sp³-hybridized carbons (Fsp3) is 0.308. The zero-order valence-electron chi connectivity index (χ0n) is 10.8. The predicted molar refractivity (Wildman–Crippen MR) is 75.2 cm³/mol. The number of halogens is 1. The van der Waals surface area contributed by atoms with Crippen molar-refractivity contribution in [3.05, 3.63) is 23.2 Å². The number of aromatic nitrogens is 2. The van der Waals surface area contributed by atoms with Gasteiger partial charge in [0.15, 0.2) is 0 Å². The highest BCUT2D eigenvalue weighted by molar-refractivity contribution is 6.31. The van der Waals surface area contributed by atoms with Crippen LogP contribution in [0, 0.1) is 0 Å². The van der Waals surface area contributed by atoms with Crippen LogP contribution >= 0.6 is 11.6 Å². The van der Waals surface area contributed by atoms with E-state index in [0.717, 1.165) is 10.4 Å². The van der Waals surface area contributed by atoms with E-state index in [-0.39, 0.29) is 17.8 Å². The molecule has 0 spiro atoms. The molecule has 2 aromatic rings. The van der Waals surface area contributed by atoms with Crippen molar-refractivity contribution in [2.24, 2.45) is 0 Å². The summed E-state index contributed by atoms with van der Waals surface area (Å²) in [6, 6.07) is 4.71. The van der Waals surface area contributed by atoms with Crippen molar-refractivity contribution in [2.45, 2.75) is 18.9 Å². The minimum atomic E-state index is -0.496. The Morgan fingerprint density at radius 3 is 2.90 bits per heavy atom. The molecule has 6 nitrogen and oxygen atoms in total. The normalized spacial score (nSPS) is 19.9. The number of nitrogen functional groups attached to an aromatic ring is 1. The number of rotatable bonds is 1. The van der Waals surface area contributed by atoms with E-state index in [1.165, 1.54) is 7.05 Å². The van der Waals surface area contributed by atoms with Gasteiger partial charge < -0.3 is 5.73 Å². The minimum absolute atomic E-state index is 0.169. The highest BCUT2D eigenvalue weighted by atomic mass is 35.5. The summed E-state index contributed by atoms with van der Waals surface area (Å²) in [5.74, 6) is -0.178. The lowest BCUT2D eigenvalue weighted by atomic mass is 10.0. The van der Waals surface area contributed by atoms with Crippen molar-refractivity contribution in [1.82, 2.24) is 14.5 Å². The van der Waals surface area contributed by atoms with Gasteiger partial charge in [0, 0.05) is 18.5 Å². The molecule has 1 aliphatic rings. The van der Waals surface area contributed by atoms with Gasteiger partial charge in [0.1, 0.15) is 6.04 Å². The van der Waals surface area contributed by atoms with Crippen molar-refractivity contribution in [3.8, 4) is 0 Å². The van der Waals surface area contributed by atoms with E-state index in [1.54, 1.807) is 22.8 Å². The summed E-state index contributed by atoms with van der Waals surface area (Å²) in [5, 5.41) is 0.560. The molecule has 1 unspecified atom stereocenters. The fourth-order valence-corrected chi connectivity index (χ4v) is 2.72. The molecular weight excluding hydrogens is 280 g/mol. The molecule has 1 aromatic carbocycles. The average Bonchev–Trinajstić information content (AvgIpc) is 2.72. The van der Waals surface area contributed by atoms with Crippen LogP contribution in [0.2, 0.25) is 5.02 Å². The van der Waals surface area contributed by atoms with Gasteiger partial charge in [-0.15, -0.1) is 0 Å². The number of carbonyl (C=O) groups excluding carboxylic acids is 2. The lowest BCUT2D eigenvalue weighted by Gasteiger charge is -2.29. The second kappa shape index (κ2) is 4.49. The smallest absolute Gasteiger partial charge is 0.252 e. The second-order valence-corrected chi connectivity index (χ2v) is 5.25. The van der Waals surface area contributed by atoms with E-state index in [9.17, 15) is 9.59 Å². The number of hydrogen-bond donors (Lipinski definition) is 1. The van der Waals surface area contributed by atoms with Crippen LogP contribution < -0.4 is 5.73 Å². The summed E-state index contributed by atoms with van der Waals surface area (Å²) >= 11 is 5.93. The molecule has 1 fully saturated rings. The fourth-order valence-electron chi connectivity index (χ4n) is 2.56. The minimum Gasteiger partial charge on any atom is -0.369 e. The number of carbonyl (C=O) groups is 2. The standard InChI is InChI=1S/C13H13ClN4O2/c1-17-11(19)5-4-10(12(17)20)18-9-3-2-7(14)6-8(9)16-13(18)15/h2-3,6,10H,4-5H2,1H3,(H2,15,16). The molecule has 1 aliphatic heterocycles. The summed E-state index contributed by atoms with van der Waals surface area (Å²) in [6.45, 7) is 0. The first-order valence-corrected chi connectivity index (χ1v) is 6.60. The topological polar surface area (TPSA) is 81.2 Å². The number of fused-ring (bicyclic) bond motifs is 1. The highest BCUT2D eigenvalue weighted by Gasteiger charge is 2.34. The number of nitrogens with zero attached hydrogens (tertiary/aromatic N) is 3. The van der Waals surface area contributed by atoms with Crippen LogP contribution in [-0.2, 0) is 9.59 Å². The van der Waals surface area contributed by atoms with Crippen LogP contribution in [-0.4, -0.2) is 33.3 Å². The van der Waals surface area contributed by atoms with Crippen molar-refractivity contribution in [2.75, 3.05) is 12.8 Å². The molecule has 20 heavy (non-hydrogen) atoms. The van der Waals surface area contributed by atoms with Crippen LogP contribution in [0.3, 0.4) is 0 Å². The number of hydrogen-bond acceptors (Lipinski definition) is 4. The third-order valence-electron chi connectivity index (χ3n) is 3.61. The van der Waals surface area contributed by atoms with Crippen molar-refractivity contribution < 1.29 is 9.59 Å². The van der Waals surface area contributed by atoms with E-state index in [4.69, 9.17) is 17.3 Å². The highest BCUT2D eigenvalue weighted by Crippen LogP contribution is 2.30. The van der Waals surface area contributed by atoms with Crippen molar-refractivity contribution >= 4 is 40.4 Å².